The molecule has 2 aromatic heterocycles. The van der Waals surface area contributed by atoms with E-state index < -0.39 is 24.0 Å². The highest BCUT2D eigenvalue weighted by Gasteiger charge is 2.38. The molecule has 0 radical (unpaired) electrons. The van der Waals surface area contributed by atoms with Crippen LogP contribution in [0.1, 0.15) is 59.2 Å². The molecule has 0 fully saturated rings. The predicted molar refractivity (Wildman–Crippen MR) is 162 cm³/mol. The van der Waals surface area contributed by atoms with Crippen molar-refractivity contribution in [3.05, 3.63) is 104 Å². The molecule has 2 aromatic carbocycles. The Kier molecular flexibility index (Phi) is 11.5. The fourth-order valence-corrected chi connectivity index (χ4v) is 4.96. The number of aliphatic carboxylic acids is 1. The summed E-state index contributed by atoms with van der Waals surface area (Å²) in [4.78, 5) is 38.3. The molecule has 3 N–H and O–H groups in total. The van der Waals surface area contributed by atoms with Gasteiger partial charge in [-0.3, -0.25) is 9.36 Å². The number of carbonyl (C=O) groups is 2. The number of aryl methyl sites for hydroxylation is 2. The van der Waals surface area contributed by atoms with Crippen LogP contribution in [0.2, 0.25) is 5.02 Å². The molecule has 1 atom stereocenters. The average molecular weight is 652 g/mol. The van der Waals surface area contributed by atoms with Gasteiger partial charge in [-0.2, -0.15) is 22.8 Å². The topological polar surface area (TPSA) is 123 Å². The summed E-state index contributed by atoms with van der Waals surface area (Å²) in [6.45, 7) is 8.38. The number of carboxylic acid groups (broad SMARTS) is 1. The lowest BCUT2D eigenvalue weighted by Crippen LogP contribution is -2.42. The first kappa shape index (κ1) is 35.3. The van der Waals surface area contributed by atoms with Gasteiger partial charge in [-0.15, -0.1) is 0 Å². The number of amides is 1. The minimum Gasteiger partial charge on any atom is -0.475 e. The summed E-state index contributed by atoms with van der Waals surface area (Å²) < 4.78 is 49.1. The van der Waals surface area contributed by atoms with Crippen molar-refractivity contribution in [2.45, 2.75) is 52.9 Å². The molecule has 45 heavy (non-hydrogen) atoms. The molecule has 0 bridgehead atoms. The minimum atomic E-state index is -5.08. The Labute approximate surface area is 261 Å². The fraction of sp³-hybridized carbons (Fsp3) is 0.355. The zero-order valence-electron chi connectivity index (χ0n) is 25.1. The highest BCUT2D eigenvalue weighted by molar-refractivity contribution is 6.34. The second kappa shape index (κ2) is 14.7. The van der Waals surface area contributed by atoms with Crippen LogP contribution < -0.4 is 11.4 Å². The second-order valence-corrected chi connectivity index (χ2v) is 11.1. The molecule has 2 heterocycles. The summed E-state index contributed by atoms with van der Waals surface area (Å²) >= 11 is 6.57. The second-order valence-electron chi connectivity index (χ2n) is 10.7. The fourth-order valence-electron chi connectivity index (χ4n) is 4.79. The normalized spacial score (nSPS) is 12.2. The molecule has 4 aromatic rings. The number of carbonyl (C=O) groups excluding carboxylic acids is 1. The van der Waals surface area contributed by atoms with Crippen molar-refractivity contribution < 1.29 is 32.3 Å². The third-order valence-corrected chi connectivity index (χ3v) is 7.48. The SMILES string of the molecule is Cc1ccc(C(=O)N(CCCN)C(c2cc3c(Cl)c(C)nn3c(=O)n2Cc2ccccc2)C(C)C)cc1F.O=C(O)C(F)(F)F. The van der Waals surface area contributed by atoms with E-state index in [2.05, 4.69) is 5.10 Å². The van der Waals surface area contributed by atoms with Crippen molar-refractivity contribution in [3.8, 4) is 0 Å². The van der Waals surface area contributed by atoms with Crippen LogP contribution in [0.15, 0.2) is 59.4 Å². The lowest BCUT2D eigenvalue weighted by atomic mass is 9.96. The molecule has 0 saturated carbocycles. The number of benzene rings is 2. The molecule has 0 aliphatic heterocycles. The first-order valence-corrected chi connectivity index (χ1v) is 14.4. The summed E-state index contributed by atoms with van der Waals surface area (Å²) in [6, 6.07) is 15.4. The van der Waals surface area contributed by atoms with E-state index in [-0.39, 0.29) is 29.6 Å². The first-order valence-electron chi connectivity index (χ1n) is 14.0. The number of halogens is 5. The maximum absolute atomic E-state index is 14.5. The number of fused-ring (bicyclic) bond motifs is 1. The summed E-state index contributed by atoms with van der Waals surface area (Å²) in [5, 5.41) is 11.9. The van der Waals surface area contributed by atoms with Crippen molar-refractivity contribution >= 4 is 29.0 Å². The number of aromatic nitrogens is 3. The van der Waals surface area contributed by atoms with E-state index in [0.717, 1.165) is 5.56 Å². The summed E-state index contributed by atoms with van der Waals surface area (Å²) in [6.07, 6.45) is -4.54. The van der Waals surface area contributed by atoms with Gasteiger partial charge in [-0.25, -0.2) is 14.0 Å². The van der Waals surface area contributed by atoms with E-state index >= 15 is 0 Å². The molecule has 9 nitrogen and oxygen atoms in total. The largest absolute Gasteiger partial charge is 0.490 e. The van der Waals surface area contributed by atoms with Crippen LogP contribution in [0.5, 0.6) is 0 Å². The van der Waals surface area contributed by atoms with E-state index in [1.165, 1.54) is 10.6 Å². The molecule has 242 valence electrons. The van der Waals surface area contributed by atoms with Gasteiger partial charge in [0.15, 0.2) is 0 Å². The number of hydrogen-bond donors (Lipinski definition) is 2. The highest BCUT2D eigenvalue weighted by Crippen LogP contribution is 2.33. The number of hydrogen-bond acceptors (Lipinski definition) is 5. The first-order chi connectivity index (χ1) is 21.1. The van der Waals surface area contributed by atoms with E-state index in [0.29, 0.717) is 47.0 Å². The van der Waals surface area contributed by atoms with Crippen LogP contribution in [0.3, 0.4) is 0 Å². The third kappa shape index (κ3) is 8.28. The number of nitrogens with zero attached hydrogens (tertiary/aromatic N) is 4. The van der Waals surface area contributed by atoms with E-state index in [4.69, 9.17) is 27.2 Å². The standard InChI is InChI=1S/C29H33ClFN5O2.C2HF3O2/c1-18(2)27(34(14-8-13-32)28(37)22-12-11-19(3)23(31)15-22)25-16-24-26(30)20(4)33-36(24)29(38)35(25)17-21-9-6-5-7-10-21;3-2(4,5)1(6)7/h5-7,9-12,15-16,18,27H,8,13-14,17,32H2,1-4H3;(H,6,7). The van der Waals surface area contributed by atoms with Crippen molar-refractivity contribution in [1.29, 1.82) is 0 Å². The monoisotopic (exact) mass is 651 g/mol. The summed E-state index contributed by atoms with van der Waals surface area (Å²) in [5.41, 5.74) is 8.77. The molecular weight excluding hydrogens is 618 g/mol. The Morgan fingerprint density at radius 1 is 1.09 bits per heavy atom. The van der Waals surface area contributed by atoms with Crippen LogP contribution in [-0.4, -0.2) is 55.3 Å². The van der Waals surface area contributed by atoms with E-state index in [9.17, 15) is 27.2 Å². The van der Waals surface area contributed by atoms with Crippen LogP contribution >= 0.6 is 11.6 Å². The van der Waals surface area contributed by atoms with Crippen LogP contribution in [0, 0.1) is 25.6 Å². The molecule has 14 heteroatoms. The molecule has 1 unspecified atom stereocenters. The van der Waals surface area contributed by atoms with Gasteiger partial charge in [0.25, 0.3) is 5.91 Å². The molecule has 0 aliphatic carbocycles. The molecule has 1 amide bonds. The van der Waals surface area contributed by atoms with Crippen molar-refractivity contribution in [1.82, 2.24) is 19.1 Å². The summed E-state index contributed by atoms with van der Waals surface area (Å²) in [7, 11) is 0. The van der Waals surface area contributed by atoms with Crippen molar-refractivity contribution in [2.75, 3.05) is 13.1 Å². The van der Waals surface area contributed by atoms with E-state index in [1.807, 2.05) is 50.2 Å². The van der Waals surface area contributed by atoms with Gasteiger partial charge in [-0.05, 0) is 62.1 Å². The van der Waals surface area contributed by atoms with Gasteiger partial charge in [0, 0.05) is 17.8 Å². The van der Waals surface area contributed by atoms with Gasteiger partial charge < -0.3 is 15.7 Å². The van der Waals surface area contributed by atoms with Gasteiger partial charge in [-0.1, -0.05) is 61.8 Å². The summed E-state index contributed by atoms with van der Waals surface area (Å²) in [5.74, 6) is -3.63. The Balaban J connectivity index is 0.000000707. The van der Waals surface area contributed by atoms with Gasteiger partial charge in [0.2, 0.25) is 0 Å². The maximum Gasteiger partial charge on any atom is 0.490 e. The van der Waals surface area contributed by atoms with Crippen LogP contribution in [0.4, 0.5) is 17.6 Å². The quantitative estimate of drug-likeness (QED) is 0.222. The van der Waals surface area contributed by atoms with Crippen molar-refractivity contribution in [2.24, 2.45) is 11.7 Å². The van der Waals surface area contributed by atoms with Gasteiger partial charge in [0.1, 0.15) is 5.82 Å². The Morgan fingerprint density at radius 2 is 1.71 bits per heavy atom. The van der Waals surface area contributed by atoms with Gasteiger partial charge >= 0.3 is 17.8 Å². The smallest absolute Gasteiger partial charge is 0.475 e. The van der Waals surface area contributed by atoms with Crippen molar-refractivity contribution in [3.63, 3.8) is 0 Å². The maximum atomic E-state index is 14.5. The van der Waals surface area contributed by atoms with Gasteiger partial charge in [0.05, 0.1) is 28.8 Å². The number of rotatable bonds is 9. The average Bonchev–Trinajstić information content (AvgIpc) is 3.27. The molecule has 0 spiro atoms. The Bertz CT molecular complexity index is 1720. The molecular formula is C31H34ClF4N5O4. The molecule has 4 rings (SSSR count). The zero-order chi connectivity index (χ0) is 33.6. The predicted octanol–water partition coefficient (Wildman–Crippen LogP) is 5.78. The molecule has 0 aliphatic rings. The highest BCUT2D eigenvalue weighted by atomic mass is 35.5. The van der Waals surface area contributed by atoms with E-state index in [1.54, 1.807) is 35.4 Å². The molecule has 0 saturated heterocycles. The van der Waals surface area contributed by atoms with Crippen LogP contribution in [-0.2, 0) is 11.3 Å². The lowest BCUT2D eigenvalue weighted by molar-refractivity contribution is -0.192. The number of alkyl halides is 3. The number of carboxylic acids is 1. The minimum absolute atomic E-state index is 0.0984. The zero-order valence-corrected chi connectivity index (χ0v) is 25.9. The Hall–Kier alpha value is -4.23. The van der Waals surface area contributed by atoms with Crippen LogP contribution in [0.25, 0.3) is 5.52 Å². The third-order valence-electron chi connectivity index (χ3n) is 7.01. The number of nitrogens with two attached hydrogens (primary N) is 1. The lowest BCUT2D eigenvalue weighted by Gasteiger charge is -2.36. The Morgan fingerprint density at radius 3 is 2.24 bits per heavy atom.